The van der Waals surface area contributed by atoms with E-state index in [9.17, 15) is 5.11 Å². The second-order valence-electron chi connectivity index (χ2n) is 6.14. The molecule has 0 radical (unpaired) electrons. The van der Waals surface area contributed by atoms with Gasteiger partial charge in [-0.25, -0.2) is 4.98 Å². The zero-order valence-electron chi connectivity index (χ0n) is 13.4. The van der Waals surface area contributed by atoms with Crippen molar-refractivity contribution in [3.8, 4) is 0 Å². The summed E-state index contributed by atoms with van der Waals surface area (Å²) in [5.41, 5.74) is 3.34. The number of aromatic amines is 1. The van der Waals surface area contributed by atoms with E-state index in [0.717, 1.165) is 36.5 Å². The highest BCUT2D eigenvalue weighted by molar-refractivity contribution is 5.74. The topological polar surface area (TPSA) is 52.1 Å². The maximum atomic E-state index is 9.38. The van der Waals surface area contributed by atoms with Crippen LogP contribution in [0.5, 0.6) is 0 Å². The lowest BCUT2D eigenvalue weighted by Gasteiger charge is -2.24. The molecule has 0 fully saturated rings. The van der Waals surface area contributed by atoms with Gasteiger partial charge in [0, 0.05) is 19.7 Å². The Bertz CT molecular complexity index is 705. The molecule has 1 aromatic heterocycles. The number of aliphatic hydroxyl groups is 1. The van der Waals surface area contributed by atoms with Gasteiger partial charge in [-0.2, -0.15) is 0 Å². The molecule has 0 spiro atoms. The van der Waals surface area contributed by atoms with Crippen LogP contribution in [0.4, 0.5) is 0 Å². The number of fused-ring (bicyclic) bond motifs is 1. The van der Waals surface area contributed by atoms with Gasteiger partial charge in [-0.15, -0.1) is 0 Å². The quantitative estimate of drug-likeness (QED) is 0.705. The molecule has 0 bridgehead atoms. The number of aliphatic hydroxyl groups excluding tert-OH is 1. The maximum Gasteiger partial charge on any atom is 0.121 e. The monoisotopic (exact) mass is 309 g/mol. The summed E-state index contributed by atoms with van der Waals surface area (Å²) in [6.45, 7) is 4.70. The van der Waals surface area contributed by atoms with E-state index < -0.39 is 0 Å². The third kappa shape index (κ3) is 4.18. The van der Waals surface area contributed by atoms with Crippen molar-refractivity contribution in [2.75, 3.05) is 13.2 Å². The summed E-state index contributed by atoms with van der Waals surface area (Å²) in [7, 11) is 0. The summed E-state index contributed by atoms with van der Waals surface area (Å²) < 4.78 is 0. The molecule has 120 valence electrons. The van der Waals surface area contributed by atoms with Crippen LogP contribution in [-0.4, -0.2) is 33.1 Å². The van der Waals surface area contributed by atoms with Gasteiger partial charge in [0.2, 0.25) is 0 Å². The number of para-hydroxylation sites is 2. The predicted molar refractivity (Wildman–Crippen MR) is 92.9 cm³/mol. The van der Waals surface area contributed by atoms with E-state index in [2.05, 4.69) is 46.1 Å². The lowest BCUT2D eigenvalue weighted by atomic mass is 10.1. The first-order chi connectivity index (χ1) is 11.2. The van der Waals surface area contributed by atoms with Crippen molar-refractivity contribution >= 4 is 11.0 Å². The van der Waals surface area contributed by atoms with Gasteiger partial charge in [0.25, 0.3) is 0 Å². The molecule has 2 N–H and O–H groups in total. The van der Waals surface area contributed by atoms with Crippen LogP contribution in [0.25, 0.3) is 11.0 Å². The molecule has 3 rings (SSSR count). The minimum absolute atomic E-state index is 0.200. The fourth-order valence-electron chi connectivity index (χ4n) is 2.82. The summed E-state index contributed by atoms with van der Waals surface area (Å²) >= 11 is 0. The minimum atomic E-state index is 0.200. The zero-order chi connectivity index (χ0) is 16.1. The van der Waals surface area contributed by atoms with Crippen molar-refractivity contribution in [2.45, 2.75) is 20.0 Å². The third-order valence-corrected chi connectivity index (χ3v) is 3.94. The Kier molecular flexibility index (Phi) is 5.05. The standard InChI is InChI=1S/C19H23N3O/c1-15(14-23)11-22(12-16-7-3-2-4-8-16)13-19-20-17-9-5-6-10-18(17)21-19/h2-10,15,23H,11-14H2,1H3,(H,20,21)/t15-/m0/s1. The number of rotatable bonds is 7. The van der Waals surface area contributed by atoms with Crippen LogP contribution >= 0.6 is 0 Å². The molecule has 0 saturated heterocycles. The Labute approximate surface area is 136 Å². The fourth-order valence-corrected chi connectivity index (χ4v) is 2.82. The molecule has 3 aromatic rings. The fraction of sp³-hybridized carbons (Fsp3) is 0.316. The average Bonchev–Trinajstić information content (AvgIpc) is 2.97. The molecule has 0 saturated carbocycles. The first kappa shape index (κ1) is 15.7. The number of nitrogens with zero attached hydrogens (tertiary/aromatic N) is 2. The molecule has 23 heavy (non-hydrogen) atoms. The summed E-state index contributed by atoms with van der Waals surface area (Å²) in [6, 6.07) is 18.5. The number of H-pyrrole nitrogens is 1. The van der Waals surface area contributed by atoms with Gasteiger partial charge in [0.1, 0.15) is 5.82 Å². The van der Waals surface area contributed by atoms with Gasteiger partial charge in [-0.1, -0.05) is 49.4 Å². The van der Waals surface area contributed by atoms with Crippen LogP contribution in [0.2, 0.25) is 0 Å². The Morgan fingerprint density at radius 3 is 2.52 bits per heavy atom. The van der Waals surface area contributed by atoms with Gasteiger partial charge in [-0.3, -0.25) is 4.90 Å². The van der Waals surface area contributed by atoms with Crippen LogP contribution in [0, 0.1) is 5.92 Å². The number of nitrogens with one attached hydrogen (secondary N) is 1. The highest BCUT2D eigenvalue weighted by Crippen LogP contribution is 2.14. The molecular formula is C19H23N3O. The number of imidazole rings is 1. The number of hydrogen-bond donors (Lipinski definition) is 2. The SMILES string of the molecule is C[C@H](CO)CN(Cc1ccccc1)Cc1nc2ccccc2[nH]1. The van der Waals surface area contributed by atoms with E-state index in [0.29, 0.717) is 0 Å². The van der Waals surface area contributed by atoms with Crippen molar-refractivity contribution in [3.63, 3.8) is 0 Å². The van der Waals surface area contributed by atoms with Crippen LogP contribution in [0.1, 0.15) is 18.3 Å². The average molecular weight is 309 g/mol. The first-order valence-corrected chi connectivity index (χ1v) is 8.05. The van der Waals surface area contributed by atoms with E-state index in [1.54, 1.807) is 0 Å². The molecular weight excluding hydrogens is 286 g/mol. The molecule has 0 unspecified atom stereocenters. The molecule has 0 aliphatic heterocycles. The summed E-state index contributed by atoms with van der Waals surface area (Å²) in [6.07, 6.45) is 0. The van der Waals surface area contributed by atoms with E-state index >= 15 is 0 Å². The number of aromatic nitrogens is 2. The van der Waals surface area contributed by atoms with Gasteiger partial charge in [0.05, 0.1) is 17.6 Å². The molecule has 1 heterocycles. The zero-order valence-corrected chi connectivity index (χ0v) is 13.4. The van der Waals surface area contributed by atoms with E-state index in [1.807, 2.05) is 30.3 Å². The second-order valence-corrected chi connectivity index (χ2v) is 6.14. The highest BCUT2D eigenvalue weighted by Gasteiger charge is 2.13. The van der Waals surface area contributed by atoms with Crippen LogP contribution in [-0.2, 0) is 13.1 Å². The molecule has 0 aliphatic carbocycles. The molecule has 2 aromatic carbocycles. The first-order valence-electron chi connectivity index (χ1n) is 8.05. The van der Waals surface area contributed by atoms with Gasteiger partial charge < -0.3 is 10.1 Å². The molecule has 4 heteroatoms. The summed E-state index contributed by atoms with van der Waals surface area (Å²) in [5, 5.41) is 9.38. The second kappa shape index (κ2) is 7.40. The van der Waals surface area contributed by atoms with Crippen molar-refractivity contribution in [3.05, 3.63) is 66.0 Å². The van der Waals surface area contributed by atoms with E-state index in [1.165, 1.54) is 5.56 Å². The molecule has 0 aliphatic rings. The van der Waals surface area contributed by atoms with Gasteiger partial charge >= 0.3 is 0 Å². The van der Waals surface area contributed by atoms with Crippen LogP contribution in [0.15, 0.2) is 54.6 Å². The van der Waals surface area contributed by atoms with Crippen molar-refractivity contribution in [2.24, 2.45) is 5.92 Å². The van der Waals surface area contributed by atoms with Gasteiger partial charge in [-0.05, 0) is 23.6 Å². The lowest BCUT2D eigenvalue weighted by molar-refractivity contribution is 0.161. The Morgan fingerprint density at radius 2 is 1.78 bits per heavy atom. The van der Waals surface area contributed by atoms with Crippen molar-refractivity contribution in [1.29, 1.82) is 0 Å². The van der Waals surface area contributed by atoms with Gasteiger partial charge in [0.15, 0.2) is 0 Å². The summed E-state index contributed by atoms with van der Waals surface area (Å²) in [4.78, 5) is 10.4. The highest BCUT2D eigenvalue weighted by atomic mass is 16.3. The predicted octanol–water partition coefficient (Wildman–Crippen LogP) is 3.19. The summed E-state index contributed by atoms with van der Waals surface area (Å²) in [5.74, 6) is 1.20. The van der Waals surface area contributed by atoms with Crippen molar-refractivity contribution in [1.82, 2.24) is 14.9 Å². The Morgan fingerprint density at radius 1 is 1.04 bits per heavy atom. The Balaban J connectivity index is 1.76. The molecule has 0 amide bonds. The van der Waals surface area contributed by atoms with Crippen molar-refractivity contribution < 1.29 is 5.11 Å². The van der Waals surface area contributed by atoms with Crippen LogP contribution in [0.3, 0.4) is 0 Å². The third-order valence-electron chi connectivity index (χ3n) is 3.94. The largest absolute Gasteiger partial charge is 0.396 e. The smallest absolute Gasteiger partial charge is 0.121 e. The normalized spacial score (nSPS) is 12.8. The molecule has 1 atom stereocenters. The van der Waals surface area contributed by atoms with Crippen LogP contribution < -0.4 is 0 Å². The molecule has 4 nitrogen and oxygen atoms in total. The van der Waals surface area contributed by atoms with E-state index in [-0.39, 0.29) is 12.5 Å². The number of hydrogen-bond acceptors (Lipinski definition) is 3. The minimum Gasteiger partial charge on any atom is -0.396 e. The van der Waals surface area contributed by atoms with E-state index in [4.69, 9.17) is 0 Å². The lowest BCUT2D eigenvalue weighted by Crippen LogP contribution is -2.29. The maximum absolute atomic E-state index is 9.38. The number of benzene rings is 2. The Hall–Kier alpha value is -2.17.